The fourth-order valence-corrected chi connectivity index (χ4v) is 2.92. The fraction of sp³-hybridized carbons (Fsp3) is 0.500. The van der Waals surface area contributed by atoms with E-state index in [2.05, 4.69) is 13.8 Å². The van der Waals surface area contributed by atoms with Gasteiger partial charge >= 0.3 is 0 Å². The Bertz CT molecular complexity index is 355. The van der Waals surface area contributed by atoms with Crippen LogP contribution in [0.25, 0.3) is 0 Å². The number of thioether (sulfide) groups is 1. The lowest BCUT2D eigenvalue weighted by Crippen LogP contribution is -2.19. The van der Waals surface area contributed by atoms with E-state index in [4.69, 9.17) is 22.1 Å². The van der Waals surface area contributed by atoms with Gasteiger partial charge in [-0.25, -0.2) is 0 Å². The molecule has 2 nitrogen and oxygen atoms in total. The van der Waals surface area contributed by atoms with Crippen molar-refractivity contribution in [3.05, 3.63) is 23.2 Å². The molecular weight excluding hydrogens is 242 g/mol. The zero-order valence-corrected chi connectivity index (χ0v) is 11.5. The normalized spacial score (nSPS) is 11.6. The van der Waals surface area contributed by atoms with E-state index >= 15 is 0 Å². The van der Waals surface area contributed by atoms with E-state index in [1.165, 1.54) is 0 Å². The highest BCUT2D eigenvalue weighted by molar-refractivity contribution is 8.00. The number of ether oxygens (including phenoxy) is 1. The summed E-state index contributed by atoms with van der Waals surface area (Å²) >= 11 is 7.73. The van der Waals surface area contributed by atoms with E-state index in [-0.39, 0.29) is 4.75 Å². The molecule has 0 unspecified atom stereocenters. The van der Waals surface area contributed by atoms with Crippen LogP contribution in [0.15, 0.2) is 23.1 Å². The summed E-state index contributed by atoms with van der Waals surface area (Å²) in [5.74, 6) is 0.861. The molecule has 0 aliphatic carbocycles. The van der Waals surface area contributed by atoms with Gasteiger partial charge in [0, 0.05) is 9.77 Å². The third-order valence-electron chi connectivity index (χ3n) is 2.26. The van der Waals surface area contributed by atoms with Gasteiger partial charge < -0.3 is 10.5 Å². The summed E-state index contributed by atoms with van der Waals surface area (Å²) in [5, 5.41) is 0.729. The summed E-state index contributed by atoms with van der Waals surface area (Å²) in [5.41, 5.74) is 5.60. The van der Waals surface area contributed by atoms with Crippen LogP contribution in [0.2, 0.25) is 5.02 Å². The van der Waals surface area contributed by atoms with Crippen LogP contribution in [-0.2, 0) is 0 Å². The second-order valence-electron chi connectivity index (χ2n) is 4.20. The Morgan fingerprint density at radius 1 is 1.44 bits per heavy atom. The van der Waals surface area contributed by atoms with Gasteiger partial charge in [-0.05, 0) is 31.2 Å². The molecule has 0 aliphatic heterocycles. The van der Waals surface area contributed by atoms with Gasteiger partial charge in [-0.3, -0.25) is 0 Å². The Morgan fingerprint density at radius 2 is 2.12 bits per heavy atom. The second-order valence-corrected chi connectivity index (χ2v) is 6.38. The molecule has 0 aliphatic rings. The molecule has 4 heteroatoms. The van der Waals surface area contributed by atoms with Crippen molar-refractivity contribution in [2.24, 2.45) is 5.73 Å². The van der Waals surface area contributed by atoms with Gasteiger partial charge in [-0.15, -0.1) is 11.8 Å². The summed E-state index contributed by atoms with van der Waals surface area (Å²) in [4.78, 5) is 1.06. The summed E-state index contributed by atoms with van der Waals surface area (Å²) in [6.07, 6.45) is 0.952. The highest BCUT2D eigenvalue weighted by atomic mass is 35.5. The van der Waals surface area contributed by atoms with Gasteiger partial charge in [0.25, 0.3) is 0 Å². The summed E-state index contributed by atoms with van der Waals surface area (Å²) < 4.78 is 5.40. The van der Waals surface area contributed by atoms with Gasteiger partial charge in [-0.1, -0.05) is 25.4 Å². The van der Waals surface area contributed by atoms with E-state index in [1.807, 2.05) is 18.2 Å². The number of rotatable bonds is 5. The largest absolute Gasteiger partial charge is 0.496 e. The topological polar surface area (TPSA) is 35.2 Å². The standard InChI is InChI=1S/C12H18ClNOS/c1-12(2,6-7-14)16-11-8-9(13)4-5-10(11)15-3/h4-5,8H,6-7,14H2,1-3H3. The predicted octanol–water partition coefficient (Wildman–Crippen LogP) is 3.57. The maximum atomic E-state index is 5.99. The third-order valence-corrected chi connectivity index (χ3v) is 3.79. The quantitative estimate of drug-likeness (QED) is 0.821. The van der Waals surface area contributed by atoms with Crippen LogP contribution in [0.4, 0.5) is 0 Å². The summed E-state index contributed by atoms with van der Waals surface area (Å²) in [6.45, 7) is 5.03. The first-order chi connectivity index (χ1) is 7.48. The summed E-state index contributed by atoms with van der Waals surface area (Å²) in [7, 11) is 1.67. The van der Waals surface area contributed by atoms with Crippen LogP contribution in [-0.4, -0.2) is 18.4 Å². The molecule has 1 aromatic rings. The minimum absolute atomic E-state index is 0.0900. The van der Waals surface area contributed by atoms with Crippen molar-refractivity contribution in [1.82, 2.24) is 0 Å². The lowest BCUT2D eigenvalue weighted by molar-refractivity contribution is 0.404. The van der Waals surface area contributed by atoms with Crippen LogP contribution < -0.4 is 10.5 Å². The Hall–Kier alpha value is -0.380. The Labute approximate surface area is 107 Å². The van der Waals surface area contributed by atoms with E-state index in [1.54, 1.807) is 18.9 Å². The van der Waals surface area contributed by atoms with E-state index in [0.717, 1.165) is 22.1 Å². The van der Waals surface area contributed by atoms with Crippen molar-refractivity contribution in [2.75, 3.05) is 13.7 Å². The molecule has 0 fully saturated rings. The molecule has 0 saturated heterocycles. The van der Waals surface area contributed by atoms with Crippen molar-refractivity contribution >= 4 is 23.4 Å². The van der Waals surface area contributed by atoms with Crippen molar-refractivity contribution in [1.29, 1.82) is 0 Å². The van der Waals surface area contributed by atoms with Crippen molar-refractivity contribution in [3.8, 4) is 5.75 Å². The van der Waals surface area contributed by atoms with Gasteiger partial charge in [0.2, 0.25) is 0 Å². The van der Waals surface area contributed by atoms with Gasteiger partial charge in [0.15, 0.2) is 0 Å². The molecule has 16 heavy (non-hydrogen) atoms. The molecule has 1 rings (SSSR count). The van der Waals surface area contributed by atoms with Crippen molar-refractivity contribution in [3.63, 3.8) is 0 Å². The molecule has 1 aromatic carbocycles. The highest BCUT2D eigenvalue weighted by Gasteiger charge is 2.20. The molecule has 0 radical (unpaired) electrons. The van der Waals surface area contributed by atoms with E-state index in [0.29, 0.717) is 6.54 Å². The van der Waals surface area contributed by atoms with Crippen molar-refractivity contribution in [2.45, 2.75) is 29.9 Å². The summed E-state index contributed by atoms with van der Waals surface area (Å²) in [6, 6.07) is 5.66. The average Bonchev–Trinajstić information content (AvgIpc) is 2.17. The minimum Gasteiger partial charge on any atom is -0.496 e. The zero-order chi connectivity index (χ0) is 12.2. The number of methoxy groups -OCH3 is 1. The zero-order valence-electron chi connectivity index (χ0n) is 9.92. The maximum absolute atomic E-state index is 5.99. The predicted molar refractivity (Wildman–Crippen MR) is 71.6 cm³/mol. The molecule has 90 valence electrons. The molecule has 0 heterocycles. The molecular formula is C12H18ClNOS. The number of hydrogen-bond donors (Lipinski definition) is 1. The average molecular weight is 260 g/mol. The van der Waals surface area contributed by atoms with E-state index < -0.39 is 0 Å². The first-order valence-corrected chi connectivity index (χ1v) is 6.40. The fourth-order valence-electron chi connectivity index (χ4n) is 1.43. The van der Waals surface area contributed by atoms with Gasteiger partial charge in [0.05, 0.1) is 12.0 Å². The third kappa shape index (κ3) is 3.89. The minimum atomic E-state index is 0.0900. The molecule has 0 amide bonds. The van der Waals surface area contributed by atoms with Crippen molar-refractivity contribution < 1.29 is 4.74 Å². The lowest BCUT2D eigenvalue weighted by atomic mass is 10.1. The molecule has 0 atom stereocenters. The lowest BCUT2D eigenvalue weighted by Gasteiger charge is -2.24. The second kappa shape index (κ2) is 5.80. The van der Waals surface area contributed by atoms with E-state index in [9.17, 15) is 0 Å². The first-order valence-electron chi connectivity index (χ1n) is 5.21. The SMILES string of the molecule is COc1ccc(Cl)cc1SC(C)(C)CCN. The Balaban J connectivity index is 2.90. The number of hydrogen-bond acceptors (Lipinski definition) is 3. The number of nitrogens with two attached hydrogens (primary N) is 1. The Kier molecular flexibility index (Phi) is 4.96. The molecule has 2 N–H and O–H groups in total. The molecule has 0 aromatic heterocycles. The molecule has 0 spiro atoms. The van der Waals surface area contributed by atoms with Gasteiger partial charge in [-0.2, -0.15) is 0 Å². The molecule has 0 saturated carbocycles. The van der Waals surface area contributed by atoms with Crippen LogP contribution in [0.3, 0.4) is 0 Å². The first kappa shape index (κ1) is 13.7. The maximum Gasteiger partial charge on any atom is 0.132 e. The van der Waals surface area contributed by atoms with Crippen LogP contribution in [0.1, 0.15) is 20.3 Å². The Morgan fingerprint density at radius 3 is 2.69 bits per heavy atom. The monoisotopic (exact) mass is 259 g/mol. The molecule has 0 bridgehead atoms. The van der Waals surface area contributed by atoms with Crippen LogP contribution >= 0.6 is 23.4 Å². The van der Waals surface area contributed by atoms with Gasteiger partial charge in [0.1, 0.15) is 5.75 Å². The number of halogens is 1. The van der Waals surface area contributed by atoms with Crippen LogP contribution in [0.5, 0.6) is 5.75 Å². The smallest absolute Gasteiger partial charge is 0.132 e. The number of benzene rings is 1. The highest BCUT2D eigenvalue weighted by Crippen LogP contribution is 2.40. The van der Waals surface area contributed by atoms with Crippen LogP contribution in [0, 0.1) is 0 Å².